The molecule has 0 spiro atoms. The Bertz CT molecular complexity index is 3300. The molecule has 3 heterocycles. The molecule has 0 atom stereocenters. The molecule has 0 bridgehead atoms. The fourth-order valence-corrected chi connectivity index (χ4v) is 10.9. The number of benzene rings is 6. The van der Waals surface area contributed by atoms with Crippen LogP contribution in [-0.2, 0) is 42.7 Å². The molecule has 0 saturated heterocycles. The summed E-state index contributed by atoms with van der Waals surface area (Å²) >= 11 is 1.86. The van der Waals surface area contributed by atoms with Gasteiger partial charge in [-0.25, -0.2) is 4.98 Å². The Morgan fingerprint density at radius 1 is 0.646 bits per heavy atom. The van der Waals surface area contributed by atoms with Crippen LogP contribution in [0.4, 0.5) is 0 Å². The number of hydrogen-bond acceptors (Lipinski definition) is 4. The molecule has 10 rings (SSSR count). The number of imidazole rings is 1. The van der Waals surface area contributed by atoms with Crippen LogP contribution in [0.5, 0.6) is 5.75 Å². The van der Waals surface area contributed by atoms with Gasteiger partial charge in [0.1, 0.15) is 11.6 Å². The van der Waals surface area contributed by atoms with Gasteiger partial charge in [0.05, 0.1) is 22.3 Å². The molecule has 0 radical (unpaired) electrons. The van der Waals surface area contributed by atoms with Gasteiger partial charge in [-0.05, 0) is 96.1 Å². The number of fused-ring (bicyclic) bond motifs is 7. The molecular formula is C59H56N3OPtS-. The van der Waals surface area contributed by atoms with Gasteiger partial charge in [-0.3, -0.25) is 9.55 Å². The molecule has 9 aromatic rings. The van der Waals surface area contributed by atoms with E-state index in [-0.39, 0.29) is 48.5 Å². The minimum atomic E-state index is -0.319. The molecule has 330 valence electrons. The zero-order chi connectivity index (χ0) is 45.1. The first kappa shape index (κ1) is 44.6. The number of phenols is 1. The summed E-state index contributed by atoms with van der Waals surface area (Å²) in [6.07, 6.45) is 1.90. The van der Waals surface area contributed by atoms with Crippen LogP contribution in [0.15, 0.2) is 134 Å². The maximum Gasteiger partial charge on any atom is 0.149 e. The van der Waals surface area contributed by atoms with Crippen molar-refractivity contribution >= 4 is 32.5 Å². The van der Waals surface area contributed by atoms with E-state index in [1.54, 1.807) is 0 Å². The molecule has 4 nitrogen and oxygen atoms in total. The first-order valence-corrected chi connectivity index (χ1v) is 23.3. The first-order chi connectivity index (χ1) is 30.3. The van der Waals surface area contributed by atoms with Gasteiger partial charge < -0.3 is 5.11 Å². The standard InChI is InChI=1S/C59H56N3OS.Pt/c1-56(2,3)39-23-25-47(41(32-39)36-20-16-13-17-21-36)62-48-26-27-49-51(52(48)61-55(62)43-33-40(57(4,5)6)34-45(53(43)63)58(7,8)9)50-42-30-38(22-24-44(42)59(10,11)54(50)64-49)46-31-37(28-29-60-46)35-18-14-12-15-19-35;/h12-29,31-34,63H,1-11H3;/q-1;. The van der Waals surface area contributed by atoms with Crippen molar-refractivity contribution in [2.24, 2.45) is 0 Å². The summed E-state index contributed by atoms with van der Waals surface area (Å²) in [7, 11) is 0. The number of aromatic nitrogens is 3. The second kappa shape index (κ2) is 15.8. The normalized spacial score (nSPS) is 13.5. The summed E-state index contributed by atoms with van der Waals surface area (Å²) in [5.41, 5.74) is 16.1. The molecule has 0 fully saturated rings. The van der Waals surface area contributed by atoms with Crippen molar-refractivity contribution in [3.05, 3.63) is 167 Å². The van der Waals surface area contributed by atoms with E-state index < -0.39 is 0 Å². The molecule has 3 aromatic heterocycles. The van der Waals surface area contributed by atoms with E-state index in [9.17, 15) is 5.11 Å². The minimum absolute atomic E-state index is 0. The third-order valence-electron chi connectivity index (χ3n) is 13.3. The van der Waals surface area contributed by atoms with Crippen molar-refractivity contribution < 1.29 is 26.2 Å². The van der Waals surface area contributed by atoms with E-state index in [1.165, 1.54) is 26.3 Å². The Labute approximate surface area is 402 Å². The maximum atomic E-state index is 12.6. The molecule has 0 amide bonds. The number of aromatic hydroxyl groups is 1. The van der Waals surface area contributed by atoms with Crippen molar-refractivity contribution in [2.45, 2.75) is 97.8 Å². The Balaban J connectivity index is 0.00000533. The molecule has 1 N–H and O–H groups in total. The molecule has 6 aromatic carbocycles. The quantitative estimate of drug-likeness (QED) is 0.175. The molecule has 0 saturated carbocycles. The van der Waals surface area contributed by atoms with Crippen molar-refractivity contribution in [2.75, 3.05) is 0 Å². The Morgan fingerprint density at radius 2 is 1.31 bits per heavy atom. The van der Waals surface area contributed by atoms with Crippen LogP contribution in [0.2, 0.25) is 0 Å². The van der Waals surface area contributed by atoms with E-state index >= 15 is 0 Å². The van der Waals surface area contributed by atoms with E-state index in [0.29, 0.717) is 0 Å². The third-order valence-corrected chi connectivity index (χ3v) is 14.7. The van der Waals surface area contributed by atoms with Crippen molar-refractivity contribution in [3.8, 4) is 67.5 Å². The smallest absolute Gasteiger partial charge is 0.149 e. The van der Waals surface area contributed by atoms with Gasteiger partial charge in [0, 0.05) is 48.8 Å². The van der Waals surface area contributed by atoms with Gasteiger partial charge in [0.2, 0.25) is 0 Å². The zero-order valence-electron chi connectivity index (χ0n) is 39.2. The SMILES string of the molecule is CC(C)(C)c1ccc(-n2c(-c3cc(C(C)(C)C)cc(C(C)(C)C)c3O)nc3c4c5c(sc4ccc32)C(C)(C)c2ccc(-c3cc(-c4ccccc4)ccn3)[c-]c2-5)c(-c2ccccc2)c1.[Pt]. The van der Waals surface area contributed by atoms with Crippen LogP contribution in [0.3, 0.4) is 0 Å². The average Bonchev–Trinajstić information content (AvgIpc) is 3.91. The molecule has 1 aliphatic carbocycles. The second-order valence-electron chi connectivity index (χ2n) is 21.2. The van der Waals surface area contributed by atoms with Crippen LogP contribution in [0.1, 0.15) is 103 Å². The van der Waals surface area contributed by atoms with E-state index in [4.69, 9.17) is 9.97 Å². The molecule has 65 heavy (non-hydrogen) atoms. The molecule has 0 aliphatic heterocycles. The maximum absolute atomic E-state index is 12.6. The molecular weight excluding hydrogens is 994 g/mol. The van der Waals surface area contributed by atoms with Gasteiger partial charge >= 0.3 is 0 Å². The summed E-state index contributed by atoms with van der Waals surface area (Å²) in [5, 5.41) is 13.7. The van der Waals surface area contributed by atoms with Crippen molar-refractivity contribution in [1.29, 1.82) is 0 Å². The van der Waals surface area contributed by atoms with Crippen LogP contribution in [0, 0.1) is 6.07 Å². The van der Waals surface area contributed by atoms with Crippen LogP contribution >= 0.6 is 11.3 Å². The van der Waals surface area contributed by atoms with E-state index in [2.05, 4.69) is 208 Å². The zero-order valence-corrected chi connectivity index (χ0v) is 42.3. The minimum Gasteiger partial charge on any atom is -0.507 e. The first-order valence-electron chi connectivity index (χ1n) is 22.5. The molecule has 1 aliphatic rings. The summed E-state index contributed by atoms with van der Waals surface area (Å²) in [6.45, 7) is 24.7. The van der Waals surface area contributed by atoms with Gasteiger partial charge in [-0.15, -0.1) is 40.7 Å². The average molecular weight is 1050 g/mol. The third kappa shape index (κ3) is 7.49. The number of nitrogens with zero attached hydrogens (tertiary/aromatic N) is 3. The number of rotatable bonds is 5. The fraction of sp³-hybridized carbons (Fsp3) is 0.254. The number of hydrogen-bond donors (Lipinski definition) is 1. The Kier molecular flexibility index (Phi) is 10.8. The molecule has 6 heteroatoms. The van der Waals surface area contributed by atoms with Gasteiger partial charge in [-0.1, -0.05) is 166 Å². The summed E-state index contributed by atoms with van der Waals surface area (Å²) < 4.78 is 3.51. The number of thiophene rings is 1. The van der Waals surface area contributed by atoms with Gasteiger partial charge in [0.15, 0.2) is 0 Å². The van der Waals surface area contributed by atoms with Gasteiger partial charge in [-0.2, -0.15) is 0 Å². The fourth-order valence-electron chi connectivity index (χ4n) is 9.56. The summed E-state index contributed by atoms with van der Waals surface area (Å²) in [5.74, 6) is 0.987. The largest absolute Gasteiger partial charge is 0.507 e. The van der Waals surface area contributed by atoms with Gasteiger partial charge in [0.25, 0.3) is 0 Å². The van der Waals surface area contributed by atoms with Crippen LogP contribution in [-0.4, -0.2) is 19.6 Å². The Morgan fingerprint density at radius 3 is 1.97 bits per heavy atom. The predicted molar refractivity (Wildman–Crippen MR) is 270 cm³/mol. The monoisotopic (exact) mass is 1050 g/mol. The van der Waals surface area contributed by atoms with E-state index in [0.717, 1.165) is 83.7 Å². The summed E-state index contributed by atoms with van der Waals surface area (Å²) in [6, 6.07) is 49.6. The van der Waals surface area contributed by atoms with Crippen molar-refractivity contribution in [3.63, 3.8) is 0 Å². The Hall–Kier alpha value is -5.61. The van der Waals surface area contributed by atoms with Crippen LogP contribution < -0.4 is 0 Å². The van der Waals surface area contributed by atoms with Crippen LogP contribution in [0.25, 0.3) is 82.8 Å². The predicted octanol–water partition coefficient (Wildman–Crippen LogP) is 16.0. The van der Waals surface area contributed by atoms with Crippen molar-refractivity contribution in [1.82, 2.24) is 14.5 Å². The van der Waals surface area contributed by atoms with E-state index in [1.807, 2.05) is 23.6 Å². The number of phenolic OH excluding ortho intramolecular Hbond substituents is 1. The second-order valence-corrected chi connectivity index (χ2v) is 22.3. The topological polar surface area (TPSA) is 50.9 Å². The molecule has 0 unspecified atom stereocenters. The number of pyridine rings is 1. The summed E-state index contributed by atoms with van der Waals surface area (Å²) in [4.78, 5) is 12.0.